The number of ether oxygens (including phenoxy) is 4. The summed E-state index contributed by atoms with van der Waals surface area (Å²) in [6, 6.07) is 0. The summed E-state index contributed by atoms with van der Waals surface area (Å²) < 4.78 is 22.5. The lowest BCUT2D eigenvalue weighted by Crippen LogP contribution is -2.45. The SMILES string of the molecule is CO[C@@H]1CC[C@H](O[C@H]2CC[C@H](O)[C@H](C)O2)[C@H](C)O1. The fourth-order valence-corrected chi connectivity index (χ4v) is 2.52. The monoisotopic (exact) mass is 260 g/mol. The van der Waals surface area contributed by atoms with Crippen LogP contribution in [-0.4, -0.2) is 49.2 Å². The highest BCUT2D eigenvalue weighted by Crippen LogP contribution is 2.27. The molecule has 0 spiro atoms. The zero-order valence-corrected chi connectivity index (χ0v) is 11.4. The molecule has 2 rings (SSSR count). The molecule has 0 unspecified atom stereocenters. The second-order valence-electron chi connectivity index (χ2n) is 5.17. The number of aliphatic hydroxyl groups excluding tert-OH is 1. The predicted molar refractivity (Wildman–Crippen MR) is 65.0 cm³/mol. The summed E-state index contributed by atoms with van der Waals surface area (Å²) in [5.41, 5.74) is 0. The molecular weight excluding hydrogens is 236 g/mol. The van der Waals surface area contributed by atoms with E-state index in [2.05, 4.69) is 0 Å². The molecule has 0 aromatic carbocycles. The molecule has 6 atom stereocenters. The van der Waals surface area contributed by atoms with E-state index in [-0.39, 0.29) is 37.0 Å². The van der Waals surface area contributed by atoms with Gasteiger partial charge < -0.3 is 24.1 Å². The summed E-state index contributed by atoms with van der Waals surface area (Å²) in [7, 11) is 1.66. The molecule has 2 aliphatic heterocycles. The van der Waals surface area contributed by atoms with Crippen molar-refractivity contribution in [3.05, 3.63) is 0 Å². The topological polar surface area (TPSA) is 57.2 Å². The van der Waals surface area contributed by atoms with Crippen LogP contribution in [0.25, 0.3) is 0 Å². The third-order valence-corrected chi connectivity index (χ3v) is 3.77. The Balaban J connectivity index is 1.79. The Labute approximate surface area is 108 Å². The molecule has 0 radical (unpaired) electrons. The van der Waals surface area contributed by atoms with Gasteiger partial charge in [0, 0.05) is 20.0 Å². The predicted octanol–water partition coefficient (Wildman–Crippen LogP) is 1.43. The van der Waals surface area contributed by atoms with E-state index < -0.39 is 0 Å². The molecule has 2 heterocycles. The number of methoxy groups -OCH3 is 1. The molecular formula is C13H24O5. The van der Waals surface area contributed by atoms with Gasteiger partial charge in [0.1, 0.15) is 0 Å². The minimum Gasteiger partial charge on any atom is -0.390 e. The van der Waals surface area contributed by atoms with Crippen LogP contribution in [0.15, 0.2) is 0 Å². The van der Waals surface area contributed by atoms with E-state index in [1.54, 1.807) is 7.11 Å². The van der Waals surface area contributed by atoms with Crippen LogP contribution in [0.3, 0.4) is 0 Å². The zero-order valence-electron chi connectivity index (χ0n) is 11.4. The first kappa shape index (κ1) is 14.2. The van der Waals surface area contributed by atoms with Crippen LogP contribution in [0, 0.1) is 0 Å². The Bertz CT molecular complexity index is 260. The van der Waals surface area contributed by atoms with Gasteiger partial charge >= 0.3 is 0 Å². The second-order valence-corrected chi connectivity index (χ2v) is 5.17. The summed E-state index contributed by atoms with van der Waals surface area (Å²) in [5, 5.41) is 9.60. The van der Waals surface area contributed by atoms with Crippen molar-refractivity contribution in [2.45, 2.75) is 76.5 Å². The zero-order chi connectivity index (χ0) is 13.1. The van der Waals surface area contributed by atoms with Crippen LogP contribution in [-0.2, 0) is 18.9 Å². The molecule has 0 bridgehead atoms. The number of hydrogen-bond donors (Lipinski definition) is 1. The second kappa shape index (κ2) is 6.30. The van der Waals surface area contributed by atoms with E-state index in [1.165, 1.54) is 0 Å². The Hall–Kier alpha value is -0.200. The van der Waals surface area contributed by atoms with E-state index in [0.717, 1.165) is 25.7 Å². The standard InChI is InChI=1S/C13H24O5/c1-8-10(14)4-6-13(16-8)18-11-5-7-12(15-3)17-9(11)2/h8-14H,4-7H2,1-3H3/t8-,9-,10-,11-,12-,13-/m0/s1. The van der Waals surface area contributed by atoms with E-state index in [9.17, 15) is 5.11 Å². The highest BCUT2D eigenvalue weighted by Gasteiger charge is 2.34. The minimum absolute atomic E-state index is 0.00876. The van der Waals surface area contributed by atoms with Gasteiger partial charge in [-0.3, -0.25) is 0 Å². The van der Waals surface area contributed by atoms with Crippen molar-refractivity contribution in [3.63, 3.8) is 0 Å². The Morgan fingerprint density at radius 3 is 2.22 bits per heavy atom. The summed E-state index contributed by atoms with van der Waals surface area (Å²) in [6.45, 7) is 3.87. The number of aliphatic hydroxyl groups is 1. The van der Waals surface area contributed by atoms with Crippen molar-refractivity contribution in [1.82, 2.24) is 0 Å². The summed E-state index contributed by atoms with van der Waals surface area (Å²) in [5.74, 6) is 0. The Kier molecular flexibility index (Phi) is 4.98. The smallest absolute Gasteiger partial charge is 0.158 e. The molecule has 5 heteroatoms. The fourth-order valence-electron chi connectivity index (χ4n) is 2.52. The highest BCUT2D eigenvalue weighted by molar-refractivity contribution is 4.77. The van der Waals surface area contributed by atoms with Gasteiger partial charge in [0.05, 0.1) is 24.4 Å². The Morgan fingerprint density at radius 1 is 0.944 bits per heavy atom. The largest absolute Gasteiger partial charge is 0.390 e. The highest BCUT2D eigenvalue weighted by atomic mass is 16.7. The molecule has 106 valence electrons. The van der Waals surface area contributed by atoms with Gasteiger partial charge in [-0.1, -0.05) is 0 Å². The lowest BCUT2D eigenvalue weighted by Gasteiger charge is -2.38. The lowest BCUT2D eigenvalue weighted by atomic mass is 10.0. The quantitative estimate of drug-likeness (QED) is 0.832. The molecule has 0 aromatic rings. The molecule has 2 aliphatic rings. The van der Waals surface area contributed by atoms with E-state index in [1.807, 2.05) is 13.8 Å². The molecule has 0 saturated carbocycles. The van der Waals surface area contributed by atoms with Crippen molar-refractivity contribution >= 4 is 0 Å². The van der Waals surface area contributed by atoms with Crippen molar-refractivity contribution in [3.8, 4) is 0 Å². The summed E-state index contributed by atoms with van der Waals surface area (Å²) >= 11 is 0. The summed E-state index contributed by atoms with van der Waals surface area (Å²) in [4.78, 5) is 0. The van der Waals surface area contributed by atoms with Crippen LogP contribution in [0.1, 0.15) is 39.5 Å². The van der Waals surface area contributed by atoms with Crippen LogP contribution >= 0.6 is 0 Å². The minimum atomic E-state index is -0.372. The first-order chi connectivity index (χ1) is 8.60. The maximum absolute atomic E-state index is 9.60. The molecule has 2 fully saturated rings. The molecule has 5 nitrogen and oxygen atoms in total. The number of rotatable bonds is 3. The van der Waals surface area contributed by atoms with Crippen LogP contribution in [0.4, 0.5) is 0 Å². The molecule has 0 aliphatic carbocycles. The molecule has 18 heavy (non-hydrogen) atoms. The van der Waals surface area contributed by atoms with Crippen LogP contribution in [0.5, 0.6) is 0 Å². The summed E-state index contributed by atoms with van der Waals surface area (Å²) in [6.07, 6.45) is 2.41. The average molecular weight is 260 g/mol. The van der Waals surface area contributed by atoms with Gasteiger partial charge in [-0.05, 0) is 26.7 Å². The van der Waals surface area contributed by atoms with E-state index >= 15 is 0 Å². The van der Waals surface area contributed by atoms with Gasteiger partial charge in [-0.2, -0.15) is 0 Å². The molecule has 1 N–H and O–H groups in total. The van der Waals surface area contributed by atoms with Crippen LogP contribution in [0.2, 0.25) is 0 Å². The van der Waals surface area contributed by atoms with E-state index in [0.29, 0.717) is 0 Å². The third-order valence-electron chi connectivity index (χ3n) is 3.77. The van der Waals surface area contributed by atoms with Crippen LogP contribution < -0.4 is 0 Å². The average Bonchev–Trinajstić information content (AvgIpc) is 2.36. The molecule has 2 saturated heterocycles. The van der Waals surface area contributed by atoms with Crippen molar-refractivity contribution in [2.24, 2.45) is 0 Å². The maximum Gasteiger partial charge on any atom is 0.158 e. The van der Waals surface area contributed by atoms with Crippen molar-refractivity contribution in [1.29, 1.82) is 0 Å². The normalized spacial score (nSPS) is 46.0. The van der Waals surface area contributed by atoms with Gasteiger partial charge in [0.15, 0.2) is 12.6 Å². The van der Waals surface area contributed by atoms with Gasteiger partial charge in [-0.25, -0.2) is 0 Å². The first-order valence-corrected chi connectivity index (χ1v) is 6.77. The Morgan fingerprint density at radius 2 is 1.61 bits per heavy atom. The lowest BCUT2D eigenvalue weighted by molar-refractivity contribution is -0.278. The van der Waals surface area contributed by atoms with Crippen molar-refractivity contribution < 1.29 is 24.1 Å². The van der Waals surface area contributed by atoms with Crippen molar-refractivity contribution in [2.75, 3.05) is 7.11 Å². The molecule has 0 aromatic heterocycles. The fraction of sp³-hybridized carbons (Fsp3) is 1.00. The maximum atomic E-state index is 9.60. The number of hydrogen-bond acceptors (Lipinski definition) is 5. The molecule has 0 amide bonds. The van der Waals surface area contributed by atoms with Gasteiger partial charge in [0.25, 0.3) is 0 Å². The third kappa shape index (κ3) is 3.42. The van der Waals surface area contributed by atoms with Gasteiger partial charge in [-0.15, -0.1) is 0 Å². The first-order valence-electron chi connectivity index (χ1n) is 6.77. The van der Waals surface area contributed by atoms with E-state index in [4.69, 9.17) is 18.9 Å². The van der Waals surface area contributed by atoms with Gasteiger partial charge in [0.2, 0.25) is 0 Å².